The van der Waals surface area contributed by atoms with Crippen LogP contribution < -0.4 is 10.6 Å². The fourth-order valence-corrected chi connectivity index (χ4v) is 1.56. The molecular formula is C11H15NO3. The van der Waals surface area contributed by atoms with E-state index >= 15 is 0 Å². The Labute approximate surface area is 88.9 Å². The Hall–Kier alpha value is -1.10. The lowest BCUT2D eigenvalue weighted by Gasteiger charge is -2.11. The molecule has 1 aromatic carbocycles. The van der Waals surface area contributed by atoms with Crippen molar-refractivity contribution >= 4 is 0 Å². The average Bonchev–Trinajstić information content (AvgIpc) is 2.74. The molecule has 0 amide bonds. The second kappa shape index (κ2) is 5.11. The standard InChI is InChI=1S/C11H15NO3/c12-14-7-9-1-3-10(4-2-9)15-11-5-6-13-8-11/h1-4,11H,5-8,12H2. The van der Waals surface area contributed by atoms with Crippen LogP contribution in [0.15, 0.2) is 24.3 Å². The molecule has 1 atom stereocenters. The SMILES string of the molecule is NOCc1ccc(OC2CCOC2)cc1. The first-order valence-corrected chi connectivity index (χ1v) is 5.03. The predicted octanol–water partition coefficient (Wildman–Crippen LogP) is 1.24. The molecule has 2 rings (SSSR count). The number of benzene rings is 1. The van der Waals surface area contributed by atoms with Gasteiger partial charge in [0.2, 0.25) is 0 Å². The number of ether oxygens (including phenoxy) is 2. The van der Waals surface area contributed by atoms with Crippen LogP contribution in [0.5, 0.6) is 5.75 Å². The van der Waals surface area contributed by atoms with Crippen LogP contribution in [-0.2, 0) is 16.2 Å². The summed E-state index contributed by atoms with van der Waals surface area (Å²) < 4.78 is 10.9. The van der Waals surface area contributed by atoms with E-state index in [0.717, 1.165) is 24.3 Å². The van der Waals surface area contributed by atoms with E-state index in [0.29, 0.717) is 13.2 Å². The summed E-state index contributed by atoms with van der Waals surface area (Å²) in [6.07, 6.45) is 1.16. The molecule has 1 fully saturated rings. The molecule has 1 aliphatic rings. The van der Waals surface area contributed by atoms with Gasteiger partial charge in [0.25, 0.3) is 0 Å². The number of hydrogen-bond acceptors (Lipinski definition) is 4. The molecule has 0 bridgehead atoms. The van der Waals surface area contributed by atoms with Crippen molar-refractivity contribution in [1.82, 2.24) is 0 Å². The normalized spacial score (nSPS) is 20.5. The van der Waals surface area contributed by atoms with Crippen LogP contribution in [0.4, 0.5) is 0 Å². The van der Waals surface area contributed by atoms with Gasteiger partial charge >= 0.3 is 0 Å². The molecule has 0 radical (unpaired) electrons. The molecule has 15 heavy (non-hydrogen) atoms. The van der Waals surface area contributed by atoms with Gasteiger partial charge in [-0.3, -0.25) is 4.84 Å². The highest BCUT2D eigenvalue weighted by Gasteiger charge is 2.16. The zero-order valence-corrected chi connectivity index (χ0v) is 8.52. The van der Waals surface area contributed by atoms with Gasteiger partial charge in [-0.05, 0) is 17.7 Å². The first-order chi connectivity index (χ1) is 7.38. The lowest BCUT2D eigenvalue weighted by Crippen LogP contribution is -2.15. The summed E-state index contributed by atoms with van der Waals surface area (Å²) in [7, 11) is 0. The van der Waals surface area contributed by atoms with Gasteiger partial charge in [0, 0.05) is 6.42 Å². The minimum absolute atomic E-state index is 0.196. The molecule has 2 N–H and O–H groups in total. The lowest BCUT2D eigenvalue weighted by molar-refractivity contribution is 0.124. The average molecular weight is 209 g/mol. The Morgan fingerprint density at radius 3 is 2.73 bits per heavy atom. The second-order valence-electron chi connectivity index (χ2n) is 3.56. The molecule has 1 heterocycles. The van der Waals surface area contributed by atoms with Crippen LogP contribution in [0.25, 0.3) is 0 Å². The highest BCUT2D eigenvalue weighted by Crippen LogP contribution is 2.17. The van der Waals surface area contributed by atoms with Crippen molar-refractivity contribution in [2.24, 2.45) is 5.90 Å². The monoisotopic (exact) mass is 209 g/mol. The van der Waals surface area contributed by atoms with E-state index in [9.17, 15) is 0 Å². The van der Waals surface area contributed by atoms with E-state index < -0.39 is 0 Å². The Morgan fingerprint density at radius 1 is 1.33 bits per heavy atom. The summed E-state index contributed by atoms with van der Waals surface area (Å²) in [6, 6.07) is 7.73. The summed E-state index contributed by atoms with van der Waals surface area (Å²) in [5.74, 6) is 5.85. The molecule has 82 valence electrons. The maximum Gasteiger partial charge on any atom is 0.124 e. The molecule has 1 aromatic rings. The van der Waals surface area contributed by atoms with Crippen molar-refractivity contribution in [2.45, 2.75) is 19.1 Å². The van der Waals surface area contributed by atoms with Crippen LogP contribution in [-0.4, -0.2) is 19.3 Å². The summed E-state index contributed by atoms with van der Waals surface area (Å²) in [5, 5.41) is 0. The van der Waals surface area contributed by atoms with Gasteiger partial charge in [-0.1, -0.05) is 12.1 Å². The maximum atomic E-state index is 5.71. The van der Waals surface area contributed by atoms with Crippen molar-refractivity contribution in [1.29, 1.82) is 0 Å². The van der Waals surface area contributed by atoms with Crippen molar-refractivity contribution in [3.8, 4) is 5.75 Å². The first-order valence-electron chi connectivity index (χ1n) is 5.03. The van der Waals surface area contributed by atoms with Gasteiger partial charge in [-0.25, -0.2) is 5.90 Å². The third kappa shape index (κ3) is 2.92. The van der Waals surface area contributed by atoms with Crippen molar-refractivity contribution < 1.29 is 14.3 Å². The summed E-state index contributed by atoms with van der Waals surface area (Å²) >= 11 is 0. The van der Waals surface area contributed by atoms with E-state index in [-0.39, 0.29) is 6.10 Å². The molecule has 4 heteroatoms. The predicted molar refractivity (Wildman–Crippen MR) is 55.3 cm³/mol. The minimum atomic E-state index is 0.196. The first kappa shape index (κ1) is 10.4. The molecule has 0 aromatic heterocycles. The molecule has 0 saturated carbocycles. The lowest BCUT2D eigenvalue weighted by atomic mass is 10.2. The topological polar surface area (TPSA) is 53.7 Å². The van der Waals surface area contributed by atoms with Crippen LogP contribution >= 0.6 is 0 Å². The molecule has 4 nitrogen and oxygen atoms in total. The zero-order chi connectivity index (χ0) is 10.5. The van der Waals surface area contributed by atoms with Crippen molar-refractivity contribution in [3.05, 3.63) is 29.8 Å². The minimum Gasteiger partial charge on any atom is -0.488 e. The highest BCUT2D eigenvalue weighted by molar-refractivity contribution is 5.27. The quantitative estimate of drug-likeness (QED) is 0.758. The maximum absolute atomic E-state index is 5.71. The van der Waals surface area contributed by atoms with Gasteiger partial charge in [-0.2, -0.15) is 0 Å². The fraction of sp³-hybridized carbons (Fsp3) is 0.455. The number of nitrogens with two attached hydrogens (primary N) is 1. The molecule has 1 aliphatic heterocycles. The van der Waals surface area contributed by atoms with Crippen molar-refractivity contribution in [3.63, 3.8) is 0 Å². The van der Waals surface area contributed by atoms with Gasteiger partial charge in [0.1, 0.15) is 11.9 Å². The van der Waals surface area contributed by atoms with Gasteiger partial charge < -0.3 is 9.47 Å². The van der Waals surface area contributed by atoms with E-state index in [2.05, 4.69) is 4.84 Å². The van der Waals surface area contributed by atoms with Crippen LogP contribution in [0.1, 0.15) is 12.0 Å². The number of hydrogen-bond donors (Lipinski definition) is 1. The molecule has 1 unspecified atom stereocenters. The van der Waals surface area contributed by atoms with E-state index in [1.54, 1.807) is 0 Å². The third-order valence-electron chi connectivity index (χ3n) is 2.36. The molecular weight excluding hydrogens is 194 g/mol. The fourth-order valence-electron chi connectivity index (χ4n) is 1.56. The Kier molecular flexibility index (Phi) is 3.55. The van der Waals surface area contributed by atoms with Crippen LogP contribution in [0.3, 0.4) is 0 Å². The van der Waals surface area contributed by atoms with Gasteiger partial charge in [-0.15, -0.1) is 0 Å². The largest absolute Gasteiger partial charge is 0.488 e. The van der Waals surface area contributed by atoms with Crippen LogP contribution in [0.2, 0.25) is 0 Å². The molecule has 1 saturated heterocycles. The Balaban J connectivity index is 1.91. The second-order valence-corrected chi connectivity index (χ2v) is 3.56. The van der Waals surface area contributed by atoms with E-state index in [1.807, 2.05) is 24.3 Å². The van der Waals surface area contributed by atoms with E-state index in [4.69, 9.17) is 15.4 Å². The summed E-state index contributed by atoms with van der Waals surface area (Å²) in [6.45, 7) is 1.91. The van der Waals surface area contributed by atoms with Gasteiger partial charge in [0.05, 0.1) is 19.8 Å². The molecule has 0 aliphatic carbocycles. The van der Waals surface area contributed by atoms with Gasteiger partial charge in [0.15, 0.2) is 0 Å². The summed E-state index contributed by atoms with van der Waals surface area (Å²) in [5.41, 5.74) is 1.03. The Bertz CT molecular complexity index is 293. The highest BCUT2D eigenvalue weighted by atomic mass is 16.6. The zero-order valence-electron chi connectivity index (χ0n) is 8.52. The van der Waals surface area contributed by atoms with Crippen molar-refractivity contribution in [2.75, 3.05) is 13.2 Å². The Morgan fingerprint density at radius 2 is 2.13 bits per heavy atom. The summed E-state index contributed by atoms with van der Waals surface area (Å²) in [4.78, 5) is 4.54. The number of rotatable bonds is 4. The molecule has 0 spiro atoms. The smallest absolute Gasteiger partial charge is 0.124 e. The third-order valence-corrected chi connectivity index (χ3v) is 2.36. The van der Waals surface area contributed by atoms with Crippen LogP contribution in [0, 0.1) is 0 Å². The van der Waals surface area contributed by atoms with E-state index in [1.165, 1.54) is 0 Å².